The Kier molecular flexibility index (Phi) is 3.62. The van der Waals surface area contributed by atoms with Gasteiger partial charge in [-0.3, -0.25) is 0 Å². The molecule has 0 aliphatic rings. The zero-order chi connectivity index (χ0) is 13.0. The van der Waals surface area contributed by atoms with Crippen LogP contribution in [-0.4, -0.2) is 17.1 Å². The van der Waals surface area contributed by atoms with E-state index in [0.717, 1.165) is 17.7 Å². The zero-order valence-corrected chi connectivity index (χ0v) is 10.4. The van der Waals surface area contributed by atoms with Gasteiger partial charge in [0.2, 0.25) is 11.8 Å². The highest BCUT2D eigenvalue weighted by molar-refractivity contribution is 5.57. The van der Waals surface area contributed by atoms with Crippen molar-refractivity contribution in [3.63, 3.8) is 0 Å². The monoisotopic (exact) mass is 245 g/mol. The molecular weight excluding hydrogens is 230 g/mol. The molecule has 5 heteroatoms. The Hall–Kier alpha value is -2.30. The number of nitrogen functional groups attached to an aromatic ring is 1. The fraction of sp³-hybridized carbons (Fsp3) is 0.231. The van der Waals surface area contributed by atoms with Gasteiger partial charge < -0.3 is 15.2 Å². The van der Waals surface area contributed by atoms with Crippen molar-refractivity contribution in [1.29, 1.82) is 0 Å². The van der Waals surface area contributed by atoms with Crippen LogP contribution < -0.4 is 15.2 Å². The summed E-state index contributed by atoms with van der Waals surface area (Å²) in [5.41, 5.74) is 7.25. The molecule has 2 rings (SSSR count). The van der Waals surface area contributed by atoms with E-state index < -0.39 is 0 Å². The number of aryl methyl sites for hydroxylation is 1. The largest absolute Gasteiger partial charge is 0.479 e. The number of benzene rings is 1. The summed E-state index contributed by atoms with van der Waals surface area (Å²) in [5.74, 6) is 1.36. The highest BCUT2D eigenvalue weighted by Crippen LogP contribution is 2.31. The molecular formula is C13H15N3O2. The Bertz CT molecular complexity index is 544. The van der Waals surface area contributed by atoms with E-state index in [1.54, 1.807) is 0 Å². The fourth-order valence-electron chi connectivity index (χ4n) is 1.61. The van der Waals surface area contributed by atoms with Crippen LogP contribution in [0.3, 0.4) is 0 Å². The van der Waals surface area contributed by atoms with Crippen LogP contribution in [0.15, 0.2) is 30.6 Å². The third kappa shape index (κ3) is 2.34. The first-order valence-electron chi connectivity index (χ1n) is 5.66. The summed E-state index contributed by atoms with van der Waals surface area (Å²) < 4.78 is 10.7. The van der Waals surface area contributed by atoms with E-state index in [2.05, 4.69) is 16.9 Å². The van der Waals surface area contributed by atoms with Gasteiger partial charge >= 0.3 is 0 Å². The van der Waals surface area contributed by atoms with Crippen molar-refractivity contribution in [2.75, 3.05) is 12.8 Å². The third-order valence-corrected chi connectivity index (χ3v) is 2.56. The Labute approximate surface area is 106 Å². The van der Waals surface area contributed by atoms with E-state index in [1.807, 2.05) is 24.3 Å². The summed E-state index contributed by atoms with van der Waals surface area (Å²) in [5, 5.41) is 0. The number of nitrogens with zero attached hydrogens (tertiary/aromatic N) is 2. The lowest BCUT2D eigenvalue weighted by Gasteiger charge is -2.11. The number of aromatic nitrogens is 2. The second-order valence-electron chi connectivity index (χ2n) is 3.67. The SMILES string of the molecule is CCc1ccccc1Oc1ncnc(OC)c1N. The highest BCUT2D eigenvalue weighted by Gasteiger charge is 2.11. The smallest absolute Gasteiger partial charge is 0.249 e. The van der Waals surface area contributed by atoms with Crippen molar-refractivity contribution >= 4 is 5.69 Å². The van der Waals surface area contributed by atoms with Crippen LogP contribution in [0.2, 0.25) is 0 Å². The molecule has 1 aromatic heterocycles. The molecule has 2 aromatic rings. The molecule has 0 fully saturated rings. The van der Waals surface area contributed by atoms with Crippen molar-refractivity contribution in [2.24, 2.45) is 0 Å². The van der Waals surface area contributed by atoms with Crippen LogP contribution in [0, 0.1) is 0 Å². The number of hydrogen-bond acceptors (Lipinski definition) is 5. The van der Waals surface area contributed by atoms with Gasteiger partial charge in [-0.15, -0.1) is 0 Å². The molecule has 1 heterocycles. The lowest BCUT2D eigenvalue weighted by atomic mass is 10.1. The van der Waals surface area contributed by atoms with E-state index in [0.29, 0.717) is 17.4 Å². The summed E-state index contributed by atoms with van der Waals surface area (Å²) in [7, 11) is 1.50. The van der Waals surface area contributed by atoms with Gasteiger partial charge in [-0.1, -0.05) is 25.1 Å². The van der Waals surface area contributed by atoms with E-state index in [4.69, 9.17) is 15.2 Å². The average molecular weight is 245 g/mol. The molecule has 0 amide bonds. The number of rotatable bonds is 4. The molecule has 0 aliphatic carbocycles. The second-order valence-corrected chi connectivity index (χ2v) is 3.67. The molecule has 5 nitrogen and oxygen atoms in total. The molecule has 2 N–H and O–H groups in total. The standard InChI is InChI=1S/C13H15N3O2/c1-3-9-6-4-5-7-10(9)18-13-11(14)12(17-2)15-8-16-13/h4-8H,3,14H2,1-2H3. The van der Waals surface area contributed by atoms with Crippen molar-refractivity contribution in [3.05, 3.63) is 36.2 Å². The van der Waals surface area contributed by atoms with Gasteiger partial charge in [0.1, 0.15) is 12.1 Å². The third-order valence-electron chi connectivity index (χ3n) is 2.56. The topological polar surface area (TPSA) is 70.3 Å². The second kappa shape index (κ2) is 5.35. The molecule has 0 saturated carbocycles. The highest BCUT2D eigenvalue weighted by atomic mass is 16.5. The molecule has 18 heavy (non-hydrogen) atoms. The van der Waals surface area contributed by atoms with Gasteiger partial charge in [0.25, 0.3) is 0 Å². The van der Waals surface area contributed by atoms with E-state index in [-0.39, 0.29) is 0 Å². The Balaban J connectivity index is 2.34. The molecule has 0 spiro atoms. The van der Waals surface area contributed by atoms with Crippen molar-refractivity contribution in [1.82, 2.24) is 9.97 Å². The number of methoxy groups -OCH3 is 1. The minimum absolute atomic E-state index is 0.297. The predicted octanol–water partition coefficient (Wildman–Crippen LogP) is 2.42. The minimum Gasteiger partial charge on any atom is -0.479 e. The van der Waals surface area contributed by atoms with E-state index in [1.165, 1.54) is 13.4 Å². The number of hydrogen-bond donors (Lipinski definition) is 1. The first kappa shape index (κ1) is 12.2. The van der Waals surface area contributed by atoms with Crippen LogP contribution in [-0.2, 0) is 6.42 Å². The molecule has 0 radical (unpaired) electrons. The molecule has 0 bridgehead atoms. The van der Waals surface area contributed by atoms with Gasteiger partial charge in [0.15, 0.2) is 5.69 Å². The van der Waals surface area contributed by atoms with Crippen molar-refractivity contribution < 1.29 is 9.47 Å². The number of anilines is 1. The molecule has 94 valence electrons. The van der Waals surface area contributed by atoms with Crippen LogP contribution in [0.1, 0.15) is 12.5 Å². The summed E-state index contributed by atoms with van der Waals surface area (Å²) in [6.07, 6.45) is 2.23. The molecule has 0 atom stereocenters. The summed E-state index contributed by atoms with van der Waals surface area (Å²) in [6, 6.07) is 7.76. The van der Waals surface area contributed by atoms with Crippen molar-refractivity contribution in [2.45, 2.75) is 13.3 Å². The lowest BCUT2D eigenvalue weighted by Crippen LogP contribution is -2.01. The first-order chi connectivity index (χ1) is 8.76. The van der Waals surface area contributed by atoms with Crippen LogP contribution in [0.5, 0.6) is 17.5 Å². The Morgan fingerprint density at radius 2 is 1.89 bits per heavy atom. The summed E-state index contributed by atoms with van der Waals surface area (Å²) >= 11 is 0. The quantitative estimate of drug-likeness (QED) is 0.895. The zero-order valence-electron chi connectivity index (χ0n) is 10.4. The van der Waals surface area contributed by atoms with Crippen LogP contribution in [0.4, 0.5) is 5.69 Å². The maximum Gasteiger partial charge on any atom is 0.249 e. The number of nitrogens with two attached hydrogens (primary N) is 1. The maximum atomic E-state index is 5.86. The lowest BCUT2D eigenvalue weighted by molar-refractivity contribution is 0.391. The molecule has 0 saturated heterocycles. The van der Waals surface area contributed by atoms with Gasteiger partial charge in [-0.2, -0.15) is 9.97 Å². The van der Waals surface area contributed by atoms with E-state index in [9.17, 15) is 0 Å². The van der Waals surface area contributed by atoms with Crippen molar-refractivity contribution in [3.8, 4) is 17.5 Å². The predicted molar refractivity (Wildman–Crippen MR) is 68.9 cm³/mol. The molecule has 0 aliphatic heterocycles. The molecule has 1 aromatic carbocycles. The minimum atomic E-state index is 0.297. The summed E-state index contributed by atoms with van der Waals surface area (Å²) in [6.45, 7) is 2.06. The van der Waals surface area contributed by atoms with Crippen LogP contribution >= 0.6 is 0 Å². The van der Waals surface area contributed by atoms with Gasteiger partial charge in [-0.25, -0.2) is 0 Å². The van der Waals surface area contributed by atoms with Gasteiger partial charge in [0.05, 0.1) is 7.11 Å². The van der Waals surface area contributed by atoms with Crippen LogP contribution in [0.25, 0.3) is 0 Å². The maximum absolute atomic E-state index is 5.86. The normalized spacial score (nSPS) is 10.1. The van der Waals surface area contributed by atoms with E-state index >= 15 is 0 Å². The first-order valence-corrected chi connectivity index (χ1v) is 5.66. The Morgan fingerprint density at radius 1 is 1.17 bits per heavy atom. The Morgan fingerprint density at radius 3 is 2.61 bits per heavy atom. The summed E-state index contributed by atoms with van der Waals surface area (Å²) in [4.78, 5) is 7.92. The average Bonchev–Trinajstić information content (AvgIpc) is 2.42. The van der Waals surface area contributed by atoms with Gasteiger partial charge in [0, 0.05) is 0 Å². The fourth-order valence-corrected chi connectivity index (χ4v) is 1.61. The number of ether oxygens (including phenoxy) is 2. The van der Waals surface area contributed by atoms with Gasteiger partial charge in [-0.05, 0) is 18.1 Å². The number of para-hydroxylation sites is 1. The molecule has 0 unspecified atom stereocenters.